The lowest BCUT2D eigenvalue weighted by Gasteiger charge is -2.26. The number of para-hydroxylation sites is 1. The first-order chi connectivity index (χ1) is 14.1. The maximum atomic E-state index is 13.2. The molecule has 2 aromatic carbocycles. The summed E-state index contributed by atoms with van der Waals surface area (Å²) in [5.41, 5.74) is 3.47. The van der Waals surface area contributed by atoms with Gasteiger partial charge in [-0.1, -0.05) is 40.2 Å². The zero-order chi connectivity index (χ0) is 20.4. The number of carbonyl (C=O) groups excluding carboxylic acids is 1. The normalized spacial score (nSPS) is 15.7. The van der Waals surface area contributed by atoms with Crippen LogP contribution in [0, 0.1) is 0 Å². The third kappa shape index (κ3) is 3.68. The van der Waals surface area contributed by atoms with Crippen LogP contribution in [0.4, 0.5) is 0 Å². The van der Waals surface area contributed by atoms with Gasteiger partial charge in [-0.05, 0) is 43.2 Å². The number of hydrogen-bond donors (Lipinski definition) is 2. The fourth-order valence-electron chi connectivity index (χ4n) is 3.81. The van der Waals surface area contributed by atoms with Crippen LogP contribution in [-0.4, -0.2) is 45.9 Å². The number of halogens is 1. The Morgan fingerprint density at radius 3 is 2.83 bits per heavy atom. The summed E-state index contributed by atoms with van der Waals surface area (Å²) in [6, 6.07) is 14.7. The summed E-state index contributed by atoms with van der Waals surface area (Å²) >= 11 is 3.54. The summed E-state index contributed by atoms with van der Waals surface area (Å²) in [6.45, 7) is 3.78. The number of H-pyrrole nitrogens is 1. The molecule has 2 N–H and O–H groups in total. The van der Waals surface area contributed by atoms with Crippen molar-refractivity contribution in [2.24, 2.45) is 0 Å². The van der Waals surface area contributed by atoms with Gasteiger partial charge in [0, 0.05) is 35.4 Å². The Labute approximate surface area is 177 Å². The average molecular weight is 456 g/mol. The summed E-state index contributed by atoms with van der Waals surface area (Å²) in [5.74, 6) is 0.0488. The van der Waals surface area contributed by atoms with Crippen LogP contribution >= 0.6 is 15.9 Å². The van der Waals surface area contributed by atoms with E-state index in [2.05, 4.69) is 26.1 Å². The van der Waals surface area contributed by atoms with Crippen LogP contribution in [0.2, 0.25) is 0 Å². The van der Waals surface area contributed by atoms with Crippen LogP contribution in [0.1, 0.15) is 41.0 Å². The molecule has 1 aliphatic rings. The van der Waals surface area contributed by atoms with Crippen molar-refractivity contribution in [3.8, 4) is 17.0 Å². The number of amides is 1. The van der Waals surface area contributed by atoms with Crippen molar-refractivity contribution in [3.63, 3.8) is 0 Å². The number of hydrogen-bond acceptors (Lipinski definition) is 4. The van der Waals surface area contributed by atoms with E-state index in [0.29, 0.717) is 36.7 Å². The number of benzene rings is 2. The Kier molecular flexibility index (Phi) is 5.69. The summed E-state index contributed by atoms with van der Waals surface area (Å²) in [4.78, 5) is 15.1. The molecule has 1 atom stereocenters. The molecule has 0 bridgehead atoms. The quantitative estimate of drug-likeness (QED) is 0.513. The van der Waals surface area contributed by atoms with Gasteiger partial charge in [0.25, 0.3) is 5.91 Å². The van der Waals surface area contributed by atoms with Crippen LogP contribution < -0.4 is 0 Å². The lowest BCUT2D eigenvalue weighted by Crippen LogP contribution is -2.31. The zero-order valence-electron chi connectivity index (χ0n) is 16.1. The van der Waals surface area contributed by atoms with Gasteiger partial charge in [0.05, 0.1) is 6.04 Å². The maximum absolute atomic E-state index is 13.2. The van der Waals surface area contributed by atoms with Gasteiger partial charge in [0.2, 0.25) is 0 Å². The molecule has 0 spiro atoms. The highest BCUT2D eigenvalue weighted by Crippen LogP contribution is 2.44. The molecule has 2 heterocycles. The lowest BCUT2D eigenvalue weighted by molar-refractivity contribution is 0.0710. The van der Waals surface area contributed by atoms with E-state index in [1.807, 2.05) is 48.2 Å². The largest absolute Gasteiger partial charge is 0.507 e. The third-order valence-corrected chi connectivity index (χ3v) is 5.57. The molecule has 6 nitrogen and oxygen atoms in total. The second-order valence-electron chi connectivity index (χ2n) is 6.88. The number of aromatic hydroxyl groups is 1. The second kappa shape index (κ2) is 8.39. The van der Waals surface area contributed by atoms with E-state index in [9.17, 15) is 9.90 Å². The third-order valence-electron chi connectivity index (χ3n) is 5.08. The molecule has 0 radical (unpaired) electrons. The molecular formula is C22H22BrN3O3. The molecule has 7 heteroatoms. The number of ether oxygens (including phenoxy) is 1. The van der Waals surface area contributed by atoms with Crippen molar-refractivity contribution in [2.75, 3.05) is 19.8 Å². The van der Waals surface area contributed by atoms with E-state index in [0.717, 1.165) is 22.0 Å². The van der Waals surface area contributed by atoms with Crippen LogP contribution in [0.5, 0.6) is 5.75 Å². The van der Waals surface area contributed by atoms with Crippen molar-refractivity contribution < 1.29 is 14.6 Å². The Morgan fingerprint density at radius 1 is 1.24 bits per heavy atom. The predicted octanol–water partition coefficient (Wildman–Crippen LogP) is 4.52. The number of rotatable bonds is 7. The second-order valence-corrected chi connectivity index (χ2v) is 7.80. The van der Waals surface area contributed by atoms with Gasteiger partial charge >= 0.3 is 0 Å². The number of fused-ring (bicyclic) bond motifs is 1. The van der Waals surface area contributed by atoms with E-state index < -0.39 is 0 Å². The van der Waals surface area contributed by atoms with E-state index >= 15 is 0 Å². The highest BCUT2D eigenvalue weighted by molar-refractivity contribution is 9.10. The maximum Gasteiger partial charge on any atom is 0.273 e. The van der Waals surface area contributed by atoms with Crippen molar-refractivity contribution in [2.45, 2.75) is 19.4 Å². The number of phenolic OH excluding ortho intramolecular Hbond substituents is 1. The Hall–Kier alpha value is -2.64. The van der Waals surface area contributed by atoms with Gasteiger partial charge in [-0.25, -0.2) is 0 Å². The van der Waals surface area contributed by atoms with E-state index in [1.165, 1.54) is 0 Å². The minimum atomic E-state index is -0.287. The van der Waals surface area contributed by atoms with Crippen molar-refractivity contribution >= 4 is 21.8 Å². The summed E-state index contributed by atoms with van der Waals surface area (Å²) < 4.78 is 6.40. The lowest BCUT2D eigenvalue weighted by atomic mass is 9.95. The van der Waals surface area contributed by atoms with E-state index in [-0.39, 0.29) is 17.7 Å². The SMILES string of the molecule is CCOCCCN1C(=O)c2[nH]nc(-c3ccccc3O)c2C1c1cccc(Br)c1. The van der Waals surface area contributed by atoms with Crippen LogP contribution in [0.3, 0.4) is 0 Å². The molecule has 1 aromatic heterocycles. The molecule has 1 amide bonds. The van der Waals surface area contributed by atoms with Crippen LogP contribution in [0.15, 0.2) is 53.0 Å². The van der Waals surface area contributed by atoms with Crippen molar-refractivity contribution in [1.82, 2.24) is 15.1 Å². The van der Waals surface area contributed by atoms with E-state index in [4.69, 9.17) is 4.74 Å². The summed E-state index contributed by atoms with van der Waals surface area (Å²) in [6.07, 6.45) is 0.744. The first-order valence-corrected chi connectivity index (χ1v) is 10.4. The Morgan fingerprint density at radius 2 is 2.07 bits per heavy atom. The van der Waals surface area contributed by atoms with Gasteiger partial charge in [-0.2, -0.15) is 5.10 Å². The summed E-state index contributed by atoms with van der Waals surface area (Å²) in [5, 5.41) is 17.7. The molecule has 0 saturated heterocycles. The van der Waals surface area contributed by atoms with Gasteiger partial charge in [-0.3, -0.25) is 9.89 Å². The smallest absolute Gasteiger partial charge is 0.273 e. The number of carbonyl (C=O) groups is 1. The monoisotopic (exact) mass is 455 g/mol. The van der Waals surface area contributed by atoms with Crippen molar-refractivity contribution in [1.29, 1.82) is 0 Å². The standard InChI is InChI=1S/C22H22BrN3O3/c1-2-29-12-6-11-26-21(14-7-5-8-15(23)13-14)18-19(24-25-20(18)22(26)28)16-9-3-4-10-17(16)27/h3-5,7-10,13,21,27H,2,6,11-12H2,1H3,(H,24,25). The Balaban J connectivity index is 1.79. The predicted molar refractivity (Wildman–Crippen MR) is 114 cm³/mol. The topological polar surface area (TPSA) is 78.5 Å². The van der Waals surface area contributed by atoms with Gasteiger partial charge in [0.1, 0.15) is 17.1 Å². The van der Waals surface area contributed by atoms with Crippen LogP contribution in [-0.2, 0) is 4.74 Å². The molecule has 3 aromatic rings. The van der Waals surface area contributed by atoms with E-state index in [1.54, 1.807) is 12.1 Å². The first kappa shape index (κ1) is 19.7. The molecule has 150 valence electrons. The molecule has 0 saturated carbocycles. The van der Waals surface area contributed by atoms with Gasteiger partial charge < -0.3 is 14.7 Å². The molecule has 1 aliphatic heterocycles. The first-order valence-electron chi connectivity index (χ1n) is 9.62. The average Bonchev–Trinajstić information content (AvgIpc) is 3.25. The van der Waals surface area contributed by atoms with Gasteiger partial charge in [-0.15, -0.1) is 0 Å². The minimum Gasteiger partial charge on any atom is -0.507 e. The Bertz CT molecular complexity index is 1030. The number of phenols is 1. The minimum absolute atomic E-state index is 0.0874. The molecule has 1 unspecified atom stereocenters. The number of nitrogens with zero attached hydrogens (tertiary/aromatic N) is 2. The fourth-order valence-corrected chi connectivity index (χ4v) is 4.23. The van der Waals surface area contributed by atoms with Crippen molar-refractivity contribution in [3.05, 3.63) is 69.8 Å². The molecule has 4 rings (SSSR count). The zero-order valence-corrected chi connectivity index (χ0v) is 17.6. The number of nitrogens with one attached hydrogen (secondary N) is 1. The summed E-state index contributed by atoms with van der Waals surface area (Å²) in [7, 11) is 0. The highest BCUT2D eigenvalue weighted by Gasteiger charge is 2.42. The number of aromatic nitrogens is 2. The van der Waals surface area contributed by atoms with Gasteiger partial charge in [0.15, 0.2) is 0 Å². The molecule has 29 heavy (non-hydrogen) atoms. The molecule has 0 aliphatic carbocycles. The molecular weight excluding hydrogens is 434 g/mol. The number of aromatic amines is 1. The highest BCUT2D eigenvalue weighted by atomic mass is 79.9. The molecule has 0 fully saturated rings. The fraction of sp³-hybridized carbons (Fsp3) is 0.273. The van der Waals surface area contributed by atoms with Crippen LogP contribution in [0.25, 0.3) is 11.3 Å².